The summed E-state index contributed by atoms with van der Waals surface area (Å²) in [6.07, 6.45) is 0.604. The summed E-state index contributed by atoms with van der Waals surface area (Å²) in [5.41, 5.74) is 3.04. The Balaban J connectivity index is 2.10. The fraction of sp³-hybridized carbons (Fsp3) is 0.143. The van der Waals surface area contributed by atoms with E-state index in [0.29, 0.717) is 6.42 Å². The quantitative estimate of drug-likeness (QED) is 0.674. The first kappa shape index (κ1) is 10.8. The van der Waals surface area contributed by atoms with Crippen LogP contribution in [0.2, 0.25) is 0 Å². The molecule has 17 heavy (non-hydrogen) atoms. The van der Waals surface area contributed by atoms with Crippen LogP contribution < -0.4 is 0 Å². The van der Waals surface area contributed by atoms with Gasteiger partial charge >= 0.3 is 0 Å². The molecule has 2 aromatic carbocycles. The zero-order valence-electron chi connectivity index (χ0n) is 9.04. The molecule has 2 aromatic rings. The molecule has 0 N–H and O–H groups in total. The van der Waals surface area contributed by atoms with E-state index in [0.717, 1.165) is 27.3 Å². The van der Waals surface area contributed by atoms with Gasteiger partial charge in [0.05, 0.1) is 0 Å². The third-order valence-corrected chi connectivity index (χ3v) is 4.12. The molecule has 0 saturated heterocycles. The summed E-state index contributed by atoms with van der Waals surface area (Å²) in [4.78, 5) is 1.09. The van der Waals surface area contributed by atoms with Gasteiger partial charge in [-0.3, -0.25) is 0 Å². The molecule has 0 amide bonds. The van der Waals surface area contributed by atoms with Crippen molar-refractivity contribution in [3.63, 3.8) is 0 Å². The SMILES string of the molecule is Fc1ccc2c(c1)Cc1cc(F)ccc1SC2. The highest BCUT2D eigenvalue weighted by Gasteiger charge is 2.14. The normalized spacial score (nSPS) is 13.8. The lowest BCUT2D eigenvalue weighted by molar-refractivity contribution is 0.622. The molecule has 1 aliphatic heterocycles. The first-order chi connectivity index (χ1) is 8.22. The van der Waals surface area contributed by atoms with Crippen LogP contribution in [0, 0.1) is 11.6 Å². The lowest BCUT2D eigenvalue weighted by Crippen LogP contribution is -1.93. The van der Waals surface area contributed by atoms with E-state index in [1.807, 2.05) is 6.07 Å². The summed E-state index contributed by atoms with van der Waals surface area (Å²) in [7, 11) is 0. The Labute approximate surface area is 103 Å². The van der Waals surface area contributed by atoms with Gasteiger partial charge in [0, 0.05) is 10.6 Å². The average Bonchev–Trinajstić information content (AvgIpc) is 2.46. The van der Waals surface area contributed by atoms with Gasteiger partial charge in [-0.15, -0.1) is 11.8 Å². The Morgan fingerprint density at radius 2 is 1.53 bits per heavy atom. The third kappa shape index (κ3) is 2.07. The lowest BCUT2D eigenvalue weighted by atomic mass is 10.0. The Morgan fingerprint density at radius 1 is 0.824 bits per heavy atom. The third-order valence-electron chi connectivity index (χ3n) is 2.95. The van der Waals surface area contributed by atoms with Crippen molar-refractivity contribution in [2.45, 2.75) is 17.1 Å². The van der Waals surface area contributed by atoms with Gasteiger partial charge in [-0.2, -0.15) is 0 Å². The number of benzene rings is 2. The Kier molecular flexibility index (Phi) is 2.63. The number of rotatable bonds is 0. The fourth-order valence-electron chi connectivity index (χ4n) is 2.09. The minimum atomic E-state index is -0.232. The monoisotopic (exact) mass is 248 g/mol. The van der Waals surface area contributed by atoms with Crippen LogP contribution in [0.25, 0.3) is 0 Å². The molecule has 0 bridgehead atoms. The summed E-state index contributed by atoms with van der Waals surface area (Å²) in [6, 6.07) is 9.67. The van der Waals surface area contributed by atoms with Gasteiger partial charge in [0.2, 0.25) is 0 Å². The number of fused-ring (bicyclic) bond motifs is 2. The van der Waals surface area contributed by atoms with Gasteiger partial charge in [-0.1, -0.05) is 6.07 Å². The van der Waals surface area contributed by atoms with E-state index in [4.69, 9.17) is 0 Å². The van der Waals surface area contributed by atoms with Crippen molar-refractivity contribution < 1.29 is 8.78 Å². The molecule has 0 unspecified atom stereocenters. The maximum absolute atomic E-state index is 13.2. The minimum Gasteiger partial charge on any atom is -0.207 e. The number of halogens is 2. The summed E-state index contributed by atoms with van der Waals surface area (Å²) < 4.78 is 26.4. The second-order valence-electron chi connectivity index (χ2n) is 4.13. The number of hydrogen-bond donors (Lipinski definition) is 0. The van der Waals surface area contributed by atoms with Crippen molar-refractivity contribution >= 4 is 11.8 Å². The van der Waals surface area contributed by atoms with Crippen LogP contribution in [0.4, 0.5) is 8.78 Å². The highest BCUT2D eigenvalue weighted by molar-refractivity contribution is 7.98. The van der Waals surface area contributed by atoms with Crippen molar-refractivity contribution in [1.82, 2.24) is 0 Å². The van der Waals surface area contributed by atoms with Crippen LogP contribution in [0.15, 0.2) is 41.3 Å². The van der Waals surface area contributed by atoms with E-state index in [-0.39, 0.29) is 11.6 Å². The smallest absolute Gasteiger partial charge is 0.123 e. The van der Waals surface area contributed by atoms with Crippen LogP contribution in [0.1, 0.15) is 16.7 Å². The zero-order valence-corrected chi connectivity index (χ0v) is 9.86. The Hall–Kier alpha value is -1.35. The van der Waals surface area contributed by atoms with Crippen molar-refractivity contribution in [2.75, 3.05) is 0 Å². The van der Waals surface area contributed by atoms with Gasteiger partial charge in [-0.05, 0) is 53.4 Å². The average molecular weight is 248 g/mol. The first-order valence-corrected chi connectivity index (χ1v) is 6.39. The summed E-state index contributed by atoms with van der Waals surface area (Å²) >= 11 is 1.68. The van der Waals surface area contributed by atoms with Gasteiger partial charge in [0.1, 0.15) is 11.6 Å². The van der Waals surface area contributed by atoms with E-state index in [1.54, 1.807) is 30.0 Å². The molecule has 0 radical (unpaired) electrons. The predicted molar refractivity (Wildman–Crippen MR) is 65.2 cm³/mol. The summed E-state index contributed by atoms with van der Waals surface area (Å²) in [5, 5.41) is 0. The largest absolute Gasteiger partial charge is 0.207 e. The molecule has 0 aliphatic carbocycles. The van der Waals surface area contributed by atoms with Crippen LogP contribution in [-0.4, -0.2) is 0 Å². The van der Waals surface area contributed by atoms with Crippen molar-refractivity contribution in [3.8, 4) is 0 Å². The van der Waals surface area contributed by atoms with Crippen molar-refractivity contribution in [2.24, 2.45) is 0 Å². The first-order valence-electron chi connectivity index (χ1n) is 5.41. The Bertz CT molecular complexity index is 527. The maximum atomic E-state index is 13.2. The molecule has 0 saturated carbocycles. The molecular formula is C14H10F2S. The predicted octanol–water partition coefficient (Wildman–Crippen LogP) is 4.16. The van der Waals surface area contributed by atoms with Crippen LogP contribution in [0.3, 0.4) is 0 Å². The molecule has 86 valence electrons. The molecular weight excluding hydrogens is 238 g/mol. The molecule has 0 aromatic heterocycles. The molecule has 1 heterocycles. The van der Waals surface area contributed by atoms with Gasteiger partial charge < -0.3 is 0 Å². The van der Waals surface area contributed by atoms with E-state index >= 15 is 0 Å². The van der Waals surface area contributed by atoms with E-state index in [1.165, 1.54) is 12.1 Å². The molecule has 1 aliphatic rings. The van der Waals surface area contributed by atoms with E-state index in [9.17, 15) is 8.78 Å². The lowest BCUT2D eigenvalue weighted by Gasteiger charge is -2.05. The highest BCUT2D eigenvalue weighted by Crippen LogP contribution is 2.34. The summed E-state index contributed by atoms with van der Waals surface area (Å²) in [5.74, 6) is 0.353. The maximum Gasteiger partial charge on any atom is 0.123 e. The van der Waals surface area contributed by atoms with Gasteiger partial charge in [0.25, 0.3) is 0 Å². The molecule has 3 heteroatoms. The van der Waals surface area contributed by atoms with Crippen molar-refractivity contribution in [1.29, 1.82) is 0 Å². The van der Waals surface area contributed by atoms with Crippen LogP contribution in [-0.2, 0) is 12.2 Å². The topological polar surface area (TPSA) is 0 Å². The molecule has 0 spiro atoms. The second kappa shape index (κ2) is 4.15. The number of hydrogen-bond acceptors (Lipinski definition) is 1. The molecule has 0 fully saturated rings. The van der Waals surface area contributed by atoms with Crippen molar-refractivity contribution in [3.05, 3.63) is 64.7 Å². The molecule has 3 rings (SSSR count). The highest BCUT2D eigenvalue weighted by atomic mass is 32.2. The van der Waals surface area contributed by atoms with E-state index in [2.05, 4.69) is 0 Å². The Morgan fingerprint density at radius 3 is 2.35 bits per heavy atom. The molecule has 0 atom stereocenters. The number of thioether (sulfide) groups is 1. The van der Waals surface area contributed by atoms with Gasteiger partial charge in [-0.25, -0.2) is 8.78 Å². The van der Waals surface area contributed by atoms with Gasteiger partial charge in [0.15, 0.2) is 0 Å². The summed E-state index contributed by atoms with van der Waals surface area (Å²) in [6.45, 7) is 0. The standard InChI is InChI=1S/C14H10F2S/c15-12-2-1-9-8-17-14-4-3-13(16)7-11(14)5-10(9)6-12/h1-4,6-7H,5,8H2. The fourth-order valence-corrected chi connectivity index (χ4v) is 3.16. The van der Waals surface area contributed by atoms with E-state index < -0.39 is 0 Å². The van der Waals surface area contributed by atoms with Crippen LogP contribution >= 0.6 is 11.8 Å². The van der Waals surface area contributed by atoms with Crippen LogP contribution in [0.5, 0.6) is 0 Å². The molecule has 0 nitrogen and oxygen atoms in total. The second-order valence-corrected chi connectivity index (χ2v) is 5.15. The zero-order chi connectivity index (χ0) is 11.8. The minimum absolute atomic E-state index is 0.228.